The number of hydrogen-bond acceptors (Lipinski definition) is 2. The lowest BCUT2D eigenvalue weighted by molar-refractivity contribution is 0.472. The molecule has 2 aromatic rings. The van der Waals surface area contributed by atoms with Crippen LogP contribution in [-0.4, -0.2) is 0 Å². The molecule has 4 heteroatoms. The lowest BCUT2D eigenvalue weighted by Gasteiger charge is -2.06. The Hall–Kier alpha value is -2.10. The number of benzene rings is 2. The highest BCUT2D eigenvalue weighted by atomic mass is 19.1. The Bertz CT molecular complexity index is 514. The summed E-state index contributed by atoms with van der Waals surface area (Å²) in [6, 6.07) is 9.67. The van der Waals surface area contributed by atoms with Gasteiger partial charge in [0, 0.05) is 12.1 Å². The van der Waals surface area contributed by atoms with Crippen molar-refractivity contribution in [3.05, 3.63) is 54.1 Å². The summed E-state index contributed by atoms with van der Waals surface area (Å²) in [5, 5.41) is 0. The largest absolute Gasteiger partial charge is 0.457 e. The fourth-order valence-electron chi connectivity index (χ4n) is 1.24. The molecule has 2 aromatic carbocycles. The van der Waals surface area contributed by atoms with Gasteiger partial charge in [-0.1, -0.05) is 6.07 Å². The number of rotatable bonds is 2. The van der Waals surface area contributed by atoms with Crippen LogP contribution in [0.25, 0.3) is 0 Å². The van der Waals surface area contributed by atoms with Crippen LogP contribution >= 0.6 is 0 Å². The molecule has 0 aliphatic rings. The highest BCUT2D eigenvalue weighted by molar-refractivity contribution is 5.44. The molecule has 0 atom stereocenters. The van der Waals surface area contributed by atoms with E-state index in [1.807, 2.05) is 0 Å². The van der Waals surface area contributed by atoms with Gasteiger partial charge in [-0.15, -0.1) is 0 Å². The molecule has 2 N–H and O–H groups in total. The van der Waals surface area contributed by atoms with Crippen molar-refractivity contribution in [2.24, 2.45) is 0 Å². The first-order valence-electron chi connectivity index (χ1n) is 4.63. The maximum Gasteiger partial charge on any atom is 0.149 e. The van der Waals surface area contributed by atoms with E-state index >= 15 is 0 Å². The van der Waals surface area contributed by atoms with Crippen molar-refractivity contribution in [1.29, 1.82) is 0 Å². The minimum absolute atomic E-state index is 0.0478. The third kappa shape index (κ3) is 2.28. The molecular weight excluding hydrogens is 212 g/mol. The monoisotopic (exact) mass is 221 g/mol. The van der Waals surface area contributed by atoms with Crippen LogP contribution in [0.2, 0.25) is 0 Å². The molecule has 0 amide bonds. The van der Waals surface area contributed by atoms with Crippen LogP contribution in [0.1, 0.15) is 0 Å². The van der Waals surface area contributed by atoms with E-state index < -0.39 is 11.6 Å². The Balaban J connectivity index is 2.24. The summed E-state index contributed by atoms with van der Waals surface area (Å²) < 4.78 is 31.2. The second kappa shape index (κ2) is 4.18. The molecule has 0 saturated heterocycles. The van der Waals surface area contributed by atoms with Gasteiger partial charge >= 0.3 is 0 Å². The summed E-state index contributed by atoms with van der Waals surface area (Å²) in [5.74, 6) is -0.385. The molecule has 0 radical (unpaired) electrons. The smallest absolute Gasteiger partial charge is 0.149 e. The molecule has 16 heavy (non-hydrogen) atoms. The second-order valence-electron chi connectivity index (χ2n) is 3.24. The van der Waals surface area contributed by atoms with Gasteiger partial charge in [-0.05, 0) is 24.3 Å². The van der Waals surface area contributed by atoms with Gasteiger partial charge in [-0.2, -0.15) is 0 Å². The van der Waals surface area contributed by atoms with E-state index in [1.165, 1.54) is 30.3 Å². The zero-order valence-electron chi connectivity index (χ0n) is 8.28. The summed E-state index contributed by atoms with van der Waals surface area (Å²) in [7, 11) is 0. The average Bonchev–Trinajstić information content (AvgIpc) is 2.24. The zero-order valence-corrected chi connectivity index (χ0v) is 8.28. The van der Waals surface area contributed by atoms with Crippen molar-refractivity contribution in [3.8, 4) is 11.5 Å². The maximum atomic E-state index is 13.1. The summed E-state index contributed by atoms with van der Waals surface area (Å²) in [6.45, 7) is 0. The van der Waals surface area contributed by atoms with Crippen LogP contribution in [-0.2, 0) is 0 Å². The minimum atomic E-state index is -0.561. The Morgan fingerprint density at radius 3 is 2.38 bits per heavy atom. The van der Waals surface area contributed by atoms with Crippen molar-refractivity contribution >= 4 is 5.69 Å². The molecular formula is C12H9F2NO. The standard InChI is InChI=1S/C12H9F2NO/c13-8-2-1-3-9(6-8)16-10-4-5-12(15)11(14)7-10/h1-7H,15H2. The quantitative estimate of drug-likeness (QED) is 0.789. The van der Waals surface area contributed by atoms with E-state index in [0.717, 1.165) is 6.07 Å². The van der Waals surface area contributed by atoms with E-state index in [2.05, 4.69) is 0 Å². The summed E-state index contributed by atoms with van der Waals surface area (Å²) in [4.78, 5) is 0. The molecule has 0 heterocycles. The van der Waals surface area contributed by atoms with Crippen LogP contribution in [0.15, 0.2) is 42.5 Å². The number of hydrogen-bond donors (Lipinski definition) is 1. The number of nitrogen functional groups attached to an aromatic ring is 1. The average molecular weight is 221 g/mol. The summed E-state index contributed by atoms with van der Waals surface area (Å²) in [6.07, 6.45) is 0. The van der Waals surface area contributed by atoms with Crippen molar-refractivity contribution < 1.29 is 13.5 Å². The number of halogens is 2. The third-order valence-corrected chi connectivity index (χ3v) is 2.00. The number of ether oxygens (including phenoxy) is 1. The fraction of sp³-hybridized carbons (Fsp3) is 0. The van der Waals surface area contributed by atoms with Gasteiger partial charge in [0.05, 0.1) is 5.69 Å². The zero-order chi connectivity index (χ0) is 11.5. The highest BCUT2D eigenvalue weighted by Crippen LogP contribution is 2.24. The number of anilines is 1. The molecule has 0 aliphatic heterocycles. The van der Waals surface area contributed by atoms with Gasteiger partial charge in [0.2, 0.25) is 0 Å². The molecule has 0 aliphatic carbocycles. The Labute approximate surface area is 91.3 Å². The molecule has 2 nitrogen and oxygen atoms in total. The van der Waals surface area contributed by atoms with Crippen LogP contribution in [0.3, 0.4) is 0 Å². The summed E-state index contributed by atoms with van der Waals surface area (Å²) in [5.41, 5.74) is 5.36. The van der Waals surface area contributed by atoms with Crippen molar-refractivity contribution in [1.82, 2.24) is 0 Å². The van der Waals surface area contributed by atoms with E-state index in [9.17, 15) is 8.78 Å². The van der Waals surface area contributed by atoms with Gasteiger partial charge in [0.1, 0.15) is 23.1 Å². The molecule has 0 saturated carbocycles. The van der Waals surface area contributed by atoms with Gasteiger partial charge < -0.3 is 10.5 Å². The van der Waals surface area contributed by atoms with Gasteiger partial charge in [-0.3, -0.25) is 0 Å². The first kappa shape index (κ1) is 10.4. The van der Waals surface area contributed by atoms with Gasteiger partial charge in [0.15, 0.2) is 0 Å². The van der Waals surface area contributed by atoms with Crippen LogP contribution < -0.4 is 10.5 Å². The Morgan fingerprint density at radius 1 is 0.938 bits per heavy atom. The van der Waals surface area contributed by atoms with Crippen molar-refractivity contribution in [3.63, 3.8) is 0 Å². The lowest BCUT2D eigenvalue weighted by atomic mass is 10.3. The van der Waals surface area contributed by atoms with E-state index in [-0.39, 0.29) is 11.4 Å². The first-order chi connectivity index (χ1) is 7.65. The topological polar surface area (TPSA) is 35.2 Å². The molecule has 0 fully saturated rings. The Morgan fingerprint density at radius 2 is 1.69 bits per heavy atom. The van der Waals surface area contributed by atoms with E-state index in [4.69, 9.17) is 10.5 Å². The molecule has 82 valence electrons. The maximum absolute atomic E-state index is 13.1. The fourth-order valence-corrected chi connectivity index (χ4v) is 1.24. The van der Waals surface area contributed by atoms with Gasteiger partial charge in [0.25, 0.3) is 0 Å². The SMILES string of the molecule is Nc1ccc(Oc2cccc(F)c2)cc1F. The molecule has 0 bridgehead atoms. The Kier molecular flexibility index (Phi) is 2.72. The first-order valence-corrected chi connectivity index (χ1v) is 4.63. The van der Waals surface area contributed by atoms with Crippen molar-refractivity contribution in [2.75, 3.05) is 5.73 Å². The summed E-state index contributed by atoms with van der Waals surface area (Å²) >= 11 is 0. The van der Waals surface area contributed by atoms with Crippen LogP contribution in [0.4, 0.5) is 14.5 Å². The van der Waals surface area contributed by atoms with E-state index in [0.29, 0.717) is 5.75 Å². The normalized spacial score (nSPS) is 10.1. The number of nitrogens with two attached hydrogens (primary N) is 1. The van der Waals surface area contributed by atoms with Crippen LogP contribution in [0.5, 0.6) is 11.5 Å². The predicted octanol–water partition coefficient (Wildman–Crippen LogP) is 3.34. The van der Waals surface area contributed by atoms with E-state index in [1.54, 1.807) is 6.07 Å². The second-order valence-corrected chi connectivity index (χ2v) is 3.24. The highest BCUT2D eigenvalue weighted by Gasteiger charge is 2.02. The molecule has 0 unspecified atom stereocenters. The molecule has 0 aromatic heterocycles. The molecule has 0 spiro atoms. The molecule has 2 rings (SSSR count). The third-order valence-electron chi connectivity index (χ3n) is 2.00. The van der Waals surface area contributed by atoms with Crippen molar-refractivity contribution in [2.45, 2.75) is 0 Å². The van der Waals surface area contributed by atoms with Gasteiger partial charge in [-0.25, -0.2) is 8.78 Å². The predicted molar refractivity (Wildman–Crippen MR) is 57.3 cm³/mol. The minimum Gasteiger partial charge on any atom is -0.457 e. The lowest BCUT2D eigenvalue weighted by Crippen LogP contribution is -1.91. The van der Waals surface area contributed by atoms with Crippen LogP contribution in [0, 0.1) is 11.6 Å².